The van der Waals surface area contributed by atoms with E-state index in [0.717, 1.165) is 32.1 Å². The molecule has 0 aromatic carbocycles. The van der Waals surface area contributed by atoms with Gasteiger partial charge in [-0.2, -0.15) is 0 Å². The highest BCUT2D eigenvalue weighted by molar-refractivity contribution is 5.82. The quantitative estimate of drug-likeness (QED) is 0.667. The van der Waals surface area contributed by atoms with Crippen LogP contribution in [0, 0.1) is 0 Å². The molecule has 0 saturated heterocycles. The first-order valence-corrected chi connectivity index (χ1v) is 9.04. The Labute approximate surface area is 140 Å². The molecule has 2 atom stereocenters. The number of rotatable bonds is 0. The Bertz CT molecular complexity index is 362. The van der Waals surface area contributed by atoms with Gasteiger partial charge in [0.2, 0.25) is 0 Å². The lowest BCUT2D eigenvalue weighted by Crippen LogP contribution is -2.17. The molecule has 132 valence electrons. The molecule has 0 aliphatic carbocycles. The predicted octanol–water partition coefficient (Wildman–Crippen LogP) is 3.67. The fraction of sp³-hybridized carbons (Fsp3) is 0.737. The molecule has 23 heavy (non-hydrogen) atoms. The van der Waals surface area contributed by atoms with Crippen LogP contribution in [0.25, 0.3) is 0 Å². The summed E-state index contributed by atoms with van der Waals surface area (Å²) in [6, 6.07) is 0. The van der Waals surface area contributed by atoms with Crippen LogP contribution >= 0.6 is 0 Å². The largest absolute Gasteiger partial charge is 0.463 e. The van der Waals surface area contributed by atoms with E-state index in [0.29, 0.717) is 19.4 Å². The molecule has 4 nitrogen and oxygen atoms in total. The Hall–Kier alpha value is -1.13. The fourth-order valence-corrected chi connectivity index (χ4v) is 2.74. The molecule has 0 bridgehead atoms. The number of esters is 1. The SMILES string of the molecule is O=C1/C=C/C=C/C[C@H](O)C[C@H](O)CCCCCCCCCCO1. The van der Waals surface area contributed by atoms with E-state index in [2.05, 4.69) is 0 Å². The Morgan fingerprint density at radius 3 is 2.26 bits per heavy atom. The summed E-state index contributed by atoms with van der Waals surface area (Å²) in [7, 11) is 0. The van der Waals surface area contributed by atoms with E-state index in [-0.39, 0.29) is 5.97 Å². The Morgan fingerprint density at radius 1 is 0.870 bits per heavy atom. The fourth-order valence-electron chi connectivity index (χ4n) is 2.74. The molecular formula is C19H32O4. The summed E-state index contributed by atoms with van der Waals surface area (Å²) in [5.74, 6) is -0.319. The van der Waals surface area contributed by atoms with Crippen LogP contribution in [-0.2, 0) is 9.53 Å². The van der Waals surface area contributed by atoms with Gasteiger partial charge >= 0.3 is 5.97 Å². The zero-order valence-corrected chi connectivity index (χ0v) is 14.2. The van der Waals surface area contributed by atoms with Crippen molar-refractivity contribution in [1.82, 2.24) is 0 Å². The zero-order chi connectivity index (χ0) is 16.8. The second-order valence-electron chi connectivity index (χ2n) is 6.35. The smallest absolute Gasteiger partial charge is 0.330 e. The molecular weight excluding hydrogens is 292 g/mol. The van der Waals surface area contributed by atoms with E-state index in [1.54, 1.807) is 18.2 Å². The van der Waals surface area contributed by atoms with Crippen LogP contribution in [0.3, 0.4) is 0 Å². The van der Waals surface area contributed by atoms with Crippen molar-refractivity contribution in [2.75, 3.05) is 6.61 Å². The van der Waals surface area contributed by atoms with Gasteiger partial charge in [-0.15, -0.1) is 0 Å². The lowest BCUT2D eigenvalue weighted by molar-refractivity contribution is -0.137. The van der Waals surface area contributed by atoms with E-state index >= 15 is 0 Å². The number of ether oxygens (including phenoxy) is 1. The summed E-state index contributed by atoms with van der Waals surface area (Å²) in [4.78, 5) is 11.4. The number of aliphatic hydroxyl groups is 2. The first kappa shape index (κ1) is 19.9. The van der Waals surface area contributed by atoms with Crippen molar-refractivity contribution < 1.29 is 19.7 Å². The number of hydrogen-bond acceptors (Lipinski definition) is 4. The Balaban J connectivity index is 2.38. The van der Waals surface area contributed by atoms with E-state index < -0.39 is 12.2 Å². The van der Waals surface area contributed by atoms with E-state index in [1.165, 1.54) is 31.8 Å². The summed E-state index contributed by atoms with van der Waals surface area (Å²) in [5.41, 5.74) is 0. The molecule has 0 radical (unpaired) electrons. The van der Waals surface area contributed by atoms with Crippen LogP contribution in [0.15, 0.2) is 24.3 Å². The van der Waals surface area contributed by atoms with Crippen molar-refractivity contribution in [2.24, 2.45) is 0 Å². The van der Waals surface area contributed by atoms with Gasteiger partial charge in [0, 0.05) is 6.08 Å². The van der Waals surface area contributed by atoms with Crippen molar-refractivity contribution in [3.05, 3.63) is 24.3 Å². The van der Waals surface area contributed by atoms with Gasteiger partial charge in [-0.05, 0) is 25.7 Å². The number of carbonyl (C=O) groups excluding carboxylic acids is 1. The third kappa shape index (κ3) is 12.0. The van der Waals surface area contributed by atoms with E-state index in [9.17, 15) is 15.0 Å². The second kappa shape index (κ2) is 13.3. The van der Waals surface area contributed by atoms with Crippen LogP contribution in [0.2, 0.25) is 0 Å². The van der Waals surface area contributed by atoms with E-state index in [1.807, 2.05) is 0 Å². The molecule has 1 aliphatic heterocycles. The predicted molar refractivity (Wildman–Crippen MR) is 92.0 cm³/mol. The molecule has 1 rings (SSSR count). The molecule has 0 aromatic rings. The molecule has 2 N–H and O–H groups in total. The van der Waals surface area contributed by atoms with Crippen LogP contribution < -0.4 is 0 Å². The van der Waals surface area contributed by atoms with Gasteiger partial charge in [-0.1, -0.05) is 63.2 Å². The minimum Gasteiger partial charge on any atom is -0.463 e. The van der Waals surface area contributed by atoms with Crippen molar-refractivity contribution in [2.45, 2.75) is 82.8 Å². The maximum atomic E-state index is 11.4. The summed E-state index contributed by atoms with van der Waals surface area (Å²) in [5, 5.41) is 19.8. The average Bonchev–Trinajstić information content (AvgIpc) is 2.51. The lowest BCUT2D eigenvalue weighted by atomic mass is 10.0. The number of cyclic esters (lactones) is 1. The second-order valence-corrected chi connectivity index (χ2v) is 6.35. The highest BCUT2D eigenvalue weighted by atomic mass is 16.5. The number of allylic oxidation sites excluding steroid dienone is 2. The first-order valence-electron chi connectivity index (χ1n) is 9.04. The summed E-state index contributed by atoms with van der Waals surface area (Å²) in [6.45, 7) is 0.490. The third-order valence-electron chi connectivity index (χ3n) is 4.11. The maximum Gasteiger partial charge on any atom is 0.330 e. The molecule has 4 heteroatoms. The minimum atomic E-state index is -0.535. The van der Waals surface area contributed by atoms with Gasteiger partial charge in [-0.25, -0.2) is 4.79 Å². The van der Waals surface area contributed by atoms with Crippen molar-refractivity contribution >= 4 is 5.97 Å². The van der Waals surface area contributed by atoms with Gasteiger partial charge in [0.05, 0.1) is 18.8 Å². The molecule has 0 fully saturated rings. The van der Waals surface area contributed by atoms with Gasteiger partial charge in [0.15, 0.2) is 0 Å². The van der Waals surface area contributed by atoms with Gasteiger partial charge < -0.3 is 14.9 Å². The monoisotopic (exact) mass is 324 g/mol. The Kier molecular flexibility index (Phi) is 11.5. The topological polar surface area (TPSA) is 66.8 Å². The maximum absolute atomic E-state index is 11.4. The molecule has 0 unspecified atom stereocenters. The minimum absolute atomic E-state index is 0.319. The van der Waals surface area contributed by atoms with Gasteiger partial charge in [-0.3, -0.25) is 0 Å². The number of aliphatic hydroxyl groups excluding tert-OH is 2. The van der Waals surface area contributed by atoms with Crippen molar-refractivity contribution in [1.29, 1.82) is 0 Å². The van der Waals surface area contributed by atoms with Crippen LogP contribution in [0.5, 0.6) is 0 Å². The first-order chi connectivity index (χ1) is 11.2. The molecule has 1 heterocycles. The number of carbonyl (C=O) groups is 1. The molecule has 0 amide bonds. The highest BCUT2D eigenvalue weighted by Crippen LogP contribution is 2.14. The highest BCUT2D eigenvalue weighted by Gasteiger charge is 2.10. The molecule has 0 spiro atoms. The van der Waals surface area contributed by atoms with Gasteiger partial charge in [0.25, 0.3) is 0 Å². The number of hydrogen-bond donors (Lipinski definition) is 2. The van der Waals surface area contributed by atoms with E-state index in [4.69, 9.17) is 4.74 Å². The molecule has 0 saturated carbocycles. The van der Waals surface area contributed by atoms with Gasteiger partial charge in [0.1, 0.15) is 0 Å². The van der Waals surface area contributed by atoms with Crippen LogP contribution in [0.1, 0.15) is 70.6 Å². The summed E-state index contributed by atoms with van der Waals surface area (Å²) in [6.07, 6.45) is 16.3. The summed E-state index contributed by atoms with van der Waals surface area (Å²) < 4.78 is 5.12. The average molecular weight is 324 g/mol. The molecule has 1 aliphatic rings. The normalized spacial score (nSPS) is 30.1. The van der Waals surface area contributed by atoms with Crippen molar-refractivity contribution in [3.8, 4) is 0 Å². The summed E-state index contributed by atoms with van der Waals surface area (Å²) >= 11 is 0. The van der Waals surface area contributed by atoms with Crippen molar-refractivity contribution in [3.63, 3.8) is 0 Å². The standard InChI is InChI=1S/C19H32O4/c20-17-12-8-5-3-1-2-4-6-11-15-23-19(22)14-10-7-9-13-18(21)16-17/h7,9-10,14,17-18,20-21H,1-6,8,11-13,15-16H2/b9-7+,14-10+/t17-,18+/m1/s1. The van der Waals surface area contributed by atoms with Crippen LogP contribution in [0.4, 0.5) is 0 Å². The van der Waals surface area contributed by atoms with Crippen LogP contribution in [-0.4, -0.2) is 35.0 Å². The zero-order valence-electron chi connectivity index (χ0n) is 14.2. The lowest BCUT2D eigenvalue weighted by Gasteiger charge is -2.14. The molecule has 0 aromatic heterocycles. The Morgan fingerprint density at radius 2 is 1.52 bits per heavy atom. The third-order valence-corrected chi connectivity index (χ3v) is 4.11.